The van der Waals surface area contributed by atoms with Crippen molar-refractivity contribution < 1.29 is 0 Å². The molecule has 0 aliphatic carbocycles. The zero-order valence-corrected chi connectivity index (χ0v) is 12.0. The van der Waals surface area contributed by atoms with Crippen molar-refractivity contribution in [2.24, 2.45) is 0 Å². The second kappa shape index (κ2) is 4.42. The highest BCUT2D eigenvalue weighted by Crippen LogP contribution is 2.26. The van der Waals surface area contributed by atoms with Crippen molar-refractivity contribution in [3.63, 3.8) is 0 Å². The van der Waals surface area contributed by atoms with E-state index in [0.29, 0.717) is 0 Å². The molecule has 3 nitrogen and oxygen atoms in total. The highest BCUT2D eigenvalue weighted by molar-refractivity contribution is 5.96. The van der Waals surface area contributed by atoms with Gasteiger partial charge in [-0.1, -0.05) is 12.1 Å². The third kappa shape index (κ3) is 1.89. The fourth-order valence-corrected chi connectivity index (χ4v) is 2.64. The first kappa shape index (κ1) is 12.1. The second-order valence-corrected chi connectivity index (χ2v) is 5.43. The quantitative estimate of drug-likeness (QED) is 0.521. The normalized spacial score (nSPS) is 11.3. The number of benzene rings is 1. The van der Waals surface area contributed by atoms with Crippen LogP contribution in [0, 0.1) is 13.8 Å². The average Bonchev–Trinajstić information content (AvgIpc) is 2.98. The summed E-state index contributed by atoms with van der Waals surface area (Å²) in [6, 6.07) is 10.7. The van der Waals surface area contributed by atoms with E-state index in [-0.39, 0.29) is 0 Å². The first-order valence-electron chi connectivity index (χ1n) is 7.01. The van der Waals surface area contributed by atoms with Gasteiger partial charge in [-0.25, -0.2) is 4.98 Å². The molecule has 0 unspecified atom stereocenters. The number of pyridine rings is 2. The zero-order chi connectivity index (χ0) is 14.4. The number of nitrogens with zero attached hydrogens (tertiary/aromatic N) is 3. The Morgan fingerprint density at radius 3 is 2.67 bits per heavy atom. The fraction of sp³-hybridized carbons (Fsp3) is 0.111. The standard InChI is InChI=1S/C18H15N3/c1-12-9-17(20-11-13(12)2)15-4-3-14-5-7-21-8-6-19-18(21)16(14)10-15/h3-11H,1-2H3. The van der Waals surface area contributed by atoms with Gasteiger partial charge in [0.15, 0.2) is 0 Å². The summed E-state index contributed by atoms with van der Waals surface area (Å²) in [4.78, 5) is 9.01. The zero-order valence-electron chi connectivity index (χ0n) is 12.0. The van der Waals surface area contributed by atoms with Gasteiger partial charge >= 0.3 is 0 Å². The van der Waals surface area contributed by atoms with Crippen LogP contribution in [0.25, 0.3) is 27.7 Å². The third-order valence-corrected chi connectivity index (χ3v) is 4.05. The summed E-state index contributed by atoms with van der Waals surface area (Å²) in [5, 5.41) is 2.35. The maximum absolute atomic E-state index is 4.56. The molecule has 0 amide bonds. The van der Waals surface area contributed by atoms with Crippen LogP contribution in [-0.2, 0) is 0 Å². The number of imidazole rings is 1. The summed E-state index contributed by atoms with van der Waals surface area (Å²) < 4.78 is 2.04. The van der Waals surface area contributed by atoms with E-state index in [9.17, 15) is 0 Å². The Balaban J connectivity index is 1.98. The fourth-order valence-electron chi connectivity index (χ4n) is 2.64. The molecule has 0 saturated carbocycles. The van der Waals surface area contributed by atoms with Crippen molar-refractivity contribution >= 4 is 16.4 Å². The summed E-state index contributed by atoms with van der Waals surface area (Å²) in [6.07, 6.45) is 7.77. The number of aryl methyl sites for hydroxylation is 2. The predicted octanol–water partition coefficient (Wildman–Crippen LogP) is 4.17. The Morgan fingerprint density at radius 2 is 1.81 bits per heavy atom. The van der Waals surface area contributed by atoms with Crippen molar-refractivity contribution in [2.75, 3.05) is 0 Å². The molecule has 0 spiro atoms. The van der Waals surface area contributed by atoms with E-state index < -0.39 is 0 Å². The molecule has 0 aliphatic heterocycles. The van der Waals surface area contributed by atoms with Crippen LogP contribution in [0.15, 0.2) is 55.1 Å². The van der Waals surface area contributed by atoms with Gasteiger partial charge in [0.25, 0.3) is 0 Å². The summed E-state index contributed by atoms with van der Waals surface area (Å²) >= 11 is 0. The molecule has 4 rings (SSSR count). The SMILES string of the molecule is Cc1cnc(-c2ccc3ccn4ccnc4c3c2)cc1C. The molecule has 0 fully saturated rings. The summed E-state index contributed by atoms with van der Waals surface area (Å²) in [6.45, 7) is 4.20. The predicted molar refractivity (Wildman–Crippen MR) is 85.4 cm³/mol. The van der Waals surface area contributed by atoms with Crippen LogP contribution in [-0.4, -0.2) is 14.4 Å². The molecule has 3 heterocycles. The van der Waals surface area contributed by atoms with E-state index in [1.165, 1.54) is 16.5 Å². The Kier molecular flexibility index (Phi) is 2.54. The van der Waals surface area contributed by atoms with Crippen molar-refractivity contribution in [2.45, 2.75) is 13.8 Å². The molecule has 4 aromatic rings. The van der Waals surface area contributed by atoms with E-state index in [0.717, 1.165) is 22.3 Å². The maximum Gasteiger partial charge on any atom is 0.144 e. The minimum atomic E-state index is 0.984. The van der Waals surface area contributed by atoms with Crippen LogP contribution in [0.4, 0.5) is 0 Å². The van der Waals surface area contributed by atoms with Gasteiger partial charge in [0.1, 0.15) is 5.65 Å². The van der Waals surface area contributed by atoms with Crippen LogP contribution in [0.2, 0.25) is 0 Å². The topological polar surface area (TPSA) is 30.2 Å². The minimum absolute atomic E-state index is 0.984. The number of aromatic nitrogens is 3. The Morgan fingerprint density at radius 1 is 0.905 bits per heavy atom. The van der Waals surface area contributed by atoms with Crippen molar-refractivity contribution in [1.82, 2.24) is 14.4 Å². The maximum atomic E-state index is 4.56. The van der Waals surface area contributed by atoms with Gasteiger partial charge in [-0.3, -0.25) is 4.98 Å². The van der Waals surface area contributed by atoms with E-state index in [2.05, 4.69) is 54.1 Å². The van der Waals surface area contributed by atoms with Crippen molar-refractivity contribution in [3.05, 3.63) is 66.2 Å². The Labute approximate surface area is 122 Å². The average molecular weight is 273 g/mol. The molecule has 0 aliphatic rings. The molecule has 0 atom stereocenters. The Hall–Kier alpha value is -2.68. The number of hydrogen-bond donors (Lipinski definition) is 0. The van der Waals surface area contributed by atoms with E-state index >= 15 is 0 Å². The largest absolute Gasteiger partial charge is 0.307 e. The van der Waals surface area contributed by atoms with Crippen LogP contribution in [0.3, 0.4) is 0 Å². The summed E-state index contributed by atoms with van der Waals surface area (Å²) in [5.74, 6) is 0. The van der Waals surface area contributed by atoms with Gasteiger partial charge in [0.05, 0.1) is 5.69 Å². The minimum Gasteiger partial charge on any atom is -0.307 e. The molecule has 0 saturated heterocycles. The van der Waals surface area contributed by atoms with Gasteiger partial charge in [-0.2, -0.15) is 0 Å². The molecule has 3 aromatic heterocycles. The number of fused-ring (bicyclic) bond motifs is 3. The molecule has 3 heteroatoms. The first-order chi connectivity index (χ1) is 10.2. The molecule has 0 bridgehead atoms. The third-order valence-electron chi connectivity index (χ3n) is 4.05. The lowest BCUT2D eigenvalue weighted by Gasteiger charge is -2.07. The van der Waals surface area contributed by atoms with Gasteiger partial charge in [-0.05, 0) is 48.6 Å². The number of hydrogen-bond acceptors (Lipinski definition) is 2. The molecule has 0 N–H and O–H groups in total. The lowest BCUT2D eigenvalue weighted by atomic mass is 10.0. The van der Waals surface area contributed by atoms with E-state index in [4.69, 9.17) is 0 Å². The molecular formula is C18H15N3. The Bertz CT molecular complexity index is 967. The lowest BCUT2D eigenvalue weighted by molar-refractivity contribution is 1.20. The molecule has 0 radical (unpaired) electrons. The van der Waals surface area contributed by atoms with Crippen LogP contribution < -0.4 is 0 Å². The van der Waals surface area contributed by atoms with Gasteiger partial charge < -0.3 is 4.40 Å². The van der Waals surface area contributed by atoms with Gasteiger partial charge in [0, 0.05) is 35.7 Å². The molecule has 1 aromatic carbocycles. The van der Waals surface area contributed by atoms with Crippen molar-refractivity contribution in [1.29, 1.82) is 0 Å². The molecule has 102 valence electrons. The lowest BCUT2D eigenvalue weighted by Crippen LogP contribution is -1.90. The first-order valence-corrected chi connectivity index (χ1v) is 7.01. The van der Waals surface area contributed by atoms with E-state index in [1.807, 2.05) is 29.2 Å². The van der Waals surface area contributed by atoms with E-state index in [1.54, 1.807) is 0 Å². The molecular weight excluding hydrogens is 258 g/mol. The van der Waals surface area contributed by atoms with Crippen molar-refractivity contribution in [3.8, 4) is 11.3 Å². The van der Waals surface area contributed by atoms with Crippen LogP contribution in [0.5, 0.6) is 0 Å². The van der Waals surface area contributed by atoms with Gasteiger partial charge in [0.2, 0.25) is 0 Å². The summed E-state index contributed by atoms with van der Waals surface area (Å²) in [7, 11) is 0. The van der Waals surface area contributed by atoms with Crippen LogP contribution in [0.1, 0.15) is 11.1 Å². The molecule has 21 heavy (non-hydrogen) atoms. The monoisotopic (exact) mass is 273 g/mol. The highest BCUT2D eigenvalue weighted by atomic mass is 15.0. The second-order valence-electron chi connectivity index (χ2n) is 5.43. The summed E-state index contributed by atoms with van der Waals surface area (Å²) in [5.41, 5.74) is 5.60. The number of rotatable bonds is 1. The van der Waals surface area contributed by atoms with Crippen LogP contribution >= 0.6 is 0 Å². The smallest absolute Gasteiger partial charge is 0.144 e. The highest BCUT2D eigenvalue weighted by Gasteiger charge is 2.06. The van der Waals surface area contributed by atoms with Gasteiger partial charge in [-0.15, -0.1) is 0 Å².